The second kappa shape index (κ2) is 2.46. The number of nitrogens with two attached hydrogens (primary N) is 1. The third kappa shape index (κ3) is 0.978. The van der Waals surface area contributed by atoms with Crippen molar-refractivity contribution in [2.45, 2.75) is 19.9 Å². The van der Waals surface area contributed by atoms with Crippen molar-refractivity contribution >= 4 is 6.08 Å². The monoisotopic (exact) mass is 159 g/mol. The van der Waals surface area contributed by atoms with E-state index in [1.165, 1.54) is 22.3 Å². The van der Waals surface area contributed by atoms with Gasteiger partial charge in [-0.15, -0.1) is 0 Å². The predicted molar refractivity (Wildman–Crippen MR) is 51.8 cm³/mol. The third-order valence-electron chi connectivity index (χ3n) is 2.45. The minimum Gasteiger partial charge on any atom is -0.321 e. The summed E-state index contributed by atoms with van der Waals surface area (Å²) < 4.78 is 0. The maximum absolute atomic E-state index is 5.99. The van der Waals surface area contributed by atoms with Gasteiger partial charge in [0.1, 0.15) is 0 Å². The molecule has 0 saturated carbocycles. The highest BCUT2D eigenvalue weighted by Crippen LogP contribution is 2.32. The van der Waals surface area contributed by atoms with Crippen molar-refractivity contribution in [1.29, 1.82) is 0 Å². The van der Waals surface area contributed by atoms with Crippen LogP contribution in [-0.4, -0.2) is 0 Å². The van der Waals surface area contributed by atoms with E-state index in [9.17, 15) is 0 Å². The lowest BCUT2D eigenvalue weighted by Gasteiger charge is -2.07. The Hall–Kier alpha value is -1.08. The van der Waals surface area contributed by atoms with Crippen LogP contribution in [-0.2, 0) is 0 Å². The van der Waals surface area contributed by atoms with Crippen LogP contribution in [0.2, 0.25) is 0 Å². The van der Waals surface area contributed by atoms with Gasteiger partial charge in [0.05, 0.1) is 6.04 Å². The van der Waals surface area contributed by atoms with Gasteiger partial charge in [-0.05, 0) is 25.0 Å². The van der Waals surface area contributed by atoms with E-state index in [0.29, 0.717) is 0 Å². The van der Waals surface area contributed by atoms with Crippen molar-refractivity contribution in [3.05, 3.63) is 40.5 Å². The normalized spacial score (nSPS) is 20.6. The molecule has 0 bridgehead atoms. The number of hydrogen-bond acceptors (Lipinski definition) is 1. The van der Waals surface area contributed by atoms with Gasteiger partial charge in [0.2, 0.25) is 0 Å². The molecule has 1 heteroatoms. The second-order valence-electron chi connectivity index (χ2n) is 3.50. The molecular weight excluding hydrogens is 146 g/mol. The second-order valence-corrected chi connectivity index (χ2v) is 3.50. The van der Waals surface area contributed by atoms with Crippen LogP contribution in [0.4, 0.5) is 0 Å². The molecule has 1 unspecified atom stereocenters. The first-order valence-electron chi connectivity index (χ1n) is 4.23. The molecule has 0 heterocycles. The molecule has 1 nitrogen and oxygen atoms in total. The fraction of sp³-hybridized carbons (Fsp3) is 0.273. The number of aryl methyl sites for hydroxylation is 1. The van der Waals surface area contributed by atoms with Crippen LogP contribution in [0.25, 0.3) is 6.08 Å². The number of fused-ring (bicyclic) bond motifs is 1. The highest BCUT2D eigenvalue weighted by Gasteiger charge is 2.17. The van der Waals surface area contributed by atoms with E-state index in [0.717, 1.165) is 0 Å². The molecule has 0 radical (unpaired) electrons. The van der Waals surface area contributed by atoms with E-state index in [1.807, 2.05) is 0 Å². The molecule has 2 N–H and O–H groups in total. The van der Waals surface area contributed by atoms with Crippen molar-refractivity contribution < 1.29 is 0 Å². The fourth-order valence-corrected chi connectivity index (χ4v) is 1.68. The average Bonchev–Trinajstić information content (AvgIpc) is 2.31. The molecule has 1 atom stereocenters. The lowest BCUT2D eigenvalue weighted by atomic mass is 10.0. The standard InChI is InChI=1S/C11H13N/c1-7-3-4-9-6-8(2)11(12)10(9)5-7/h3-6,11H,12H2,1-2H3. The Labute approximate surface area is 72.9 Å². The van der Waals surface area contributed by atoms with E-state index in [4.69, 9.17) is 5.73 Å². The van der Waals surface area contributed by atoms with Crippen LogP contribution < -0.4 is 5.73 Å². The zero-order valence-corrected chi connectivity index (χ0v) is 7.46. The van der Waals surface area contributed by atoms with Gasteiger partial charge in [-0.2, -0.15) is 0 Å². The quantitative estimate of drug-likeness (QED) is 0.618. The first kappa shape index (κ1) is 7.56. The van der Waals surface area contributed by atoms with E-state index in [1.54, 1.807) is 0 Å². The molecule has 0 fully saturated rings. The Morgan fingerprint density at radius 2 is 2.00 bits per heavy atom. The van der Waals surface area contributed by atoms with Gasteiger partial charge in [-0.25, -0.2) is 0 Å². The molecule has 0 aromatic heterocycles. The van der Waals surface area contributed by atoms with Gasteiger partial charge < -0.3 is 5.73 Å². The first-order valence-corrected chi connectivity index (χ1v) is 4.23. The summed E-state index contributed by atoms with van der Waals surface area (Å²) in [4.78, 5) is 0. The highest BCUT2D eigenvalue weighted by atomic mass is 14.6. The maximum Gasteiger partial charge on any atom is 0.0517 e. The minimum atomic E-state index is 0.125. The SMILES string of the molecule is CC1=Cc2ccc(C)cc2C1N. The molecule has 1 aromatic carbocycles. The number of rotatable bonds is 0. The van der Waals surface area contributed by atoms with Crippen LogP contribution >= 0.6 is 0 Å². The summed E-state index contributed by atoms with van der Waals surface area (Å²) in [6.07, 6.45) is 2.17. The molecule has 0 spiro atoms. The van der Waals surface area contributed by atoms with Gasteiger partial charge >= 0.3 is 0 Å². The first-order chi connectivity index (χ1) is 5.68. The maximum atomic E-state index is 5.99. The molecule has 12 heavy (non-hydrogen) atoms. The molecule has 0 amide bonds. The Balaban J connectivity index is 2.57. The zero-order chi connectivity index (χ0) is 8.72. The van der Waals surface area contributed by atoms with Gasteiger partial charge in [-0.3, -0.25) is 0 Å². The lowest BCUT2D eigenvalue weighted by Crippen LogP contribution is -2.08. The predicted octanol–water partition coefficient (Wildman–Crippen LogP) is 2.41. The van der Waals surface area contributed by atoms with Gasteiger partial charge in [0.15, 0.2) is 0 Å². The molecule has 1 aromatic rings. The lowest BCUT2D eigenvalue weighted by molar-refractivity contribution is 0.869. The summed E-state index contributed by atoms with van der Waals surface area (Å²) in [5, 5.41) is 0. The number of hydrogen-bond donors (Lipinski definition) is 1. The van der Waals surface area contributed by atoms with Gasteiger partial charge in [-0.1, -0.05) is 35.4 Å². The molecule has 0 aliphatic heterocycles. The molecule has 2 rings (SSSR count). The molecule has 0 saturated heterocycles. The Kier molecular flexibility index (Phi) is 1.55. The molecule has 1 aliphatic rings. The highest BCUT2D eigenvalue weighted by molar-refractivity contribution is 5.65. The van der Waals surface area contributed by atoms with Gasteiger partial charge in [0.25, 0.3) is 0 Å². The summed E-state index contributed by atoms with van der Waals surface area (Å²) in [5.74, 6) is 0. The Morgan fingerprint density at radius 3 is 2.75 bits per heavy atom. The van der Waals surface area contributed by atoms with Crippen molar-refractivity contribution in [2.75, 3.05) is 0 Å². The van der Waals surface area contributed by atoms with Crippen molar-refractivity contribution in [2.24, 2.45) is 5.73 Å². The third-order valence-corrected chi connectivity index (χ3v) is 2.45. The fourth-order valence-electron chi connectivity index (χ4n) is 1.68. The molecule has 1 aliphatic carbocycles. The van der Waals surface area contributed by atoms with Crippen LogP contribution in [0, 0.1) is 6.92 Å². The van der Waals surface area contributed by atoms with Crippen LogP contribution in [0.3, 0.4) is 0 Å². The van der Waals surface area contributed by atoms with Gasteiger partial charge in [0, 0.05) is 0 Å². The van der Waals surface area contributed by atoms with Crippen molar-refractivity contribution in [3.8, 4) is 0 Å². The van der Waals surface area contributed by atoms with Crippen molar-refractivity contribution in [3.63, 3.8) is 0 Å². The topological polar surface area (TPSA) is 26.0 Å². The summed E-state index contributed by atoms with van der Waals surface area (Å²) >= 11 is 0. The van der Waals surface area contributed by atoms with Crippen LogP contribution in [0.1, 0.15) is 29.7 Å². The van der Waals surface area contributed by atoms with Crippen LogP contribution in [0.5, 0.6) is 0 Å². The minimum absolute atomic E-state index is 0.125. The number of benzene rings is 1. The Morgan fingerprint density at radius 1 is 1.25 bits per heavy atom. The van der Waals surface area contributed by atoms with E-state index in [-0.39, 0.29) is 6.04 Å². The molecular formula is C11H13N. The Bertz CT molecular complexity index is 350. The van der Waals surface area contributed by atoms with E-state index < -0.39 is 0 Å². The van der Waals surface area contributed by atoms with E-state index in [2.05, 4.69) is 38.1 Å². The summed E-state index contributed by atoms with van der Waals surface area (Å²) in [5.41, 5.74) is 11.1. The zero-order valence-electron chi connectivity index (χ0n) is 7.46. The smallest absolute Gasteiger partial charge is 0.0517 e. The van der Waals surface area contributed by atoms with Crippen molar-refractivity contribution in [1.82, 2.24) is 0 Å². The molecule has 62 valence electrons. The van der Waals surface area contributed by atoms with Crippen LogP contribution in [0.15, 0.2) is 23.8 Å². The van der Waals surface area contributed by atoms with E-state index >= 15 is 0 Å². The summed E-state index contributed by atoms with van der Waals surface area (Å²) in [7, 11) is 0. The largest absolute Gasteiger partial charge is 0.321 e. The summed E-state index contributed by atoms with van der Waals surface area (Å²) in [6.45, 7) is 4.18. The average molecular weight is 159 g/mol. The summed E-state index contributed by atoms with van der Waals surface area (Å²) in [6, 6.07) is 6.56.